The van der Waals surface area contributed by atoms with Gasteiger partial charge in [-0.1, -0.05) is 54.6 Å². The van der Waals surface area contributed by atoms with Crippen LogP contribution in [-0.4, -0.2) is 23.4 Å². The van der Waals surface area contributed by atoms with E-state index in [1.165, 1.54) is 16.7 Å². The molecule has 24 heavy (non-hydrogen) atoms. The van der Waals surface area contributed by atoms with Gasteiger partial charge in [-0.25, -0.2) is 0 Å². The van der Waals surface area contributed by atoms with Gasteiger partial charge in [0.05, 0.1) is 0 Å². The van der Waals surface area contributed by atoms with Crippen molar-refractivity contribution in [1.29, 1.82) is 0 Å². The average Bonchev–Trinajstić information content (AvgIpc) is 2.65. The highest BCUT2D eigenvalue weighted by Crippen LogP contribution is 2.31. The number of para-hydroxylation sites is 2. The Kier molecular flexibility index (Phi) is 3.87. The summed E-state index contributed by atoms with van der Waals surface area (Å²) >= 11 is 0. The third-order valence-corrected chi connectivity index (χ3v) is 4.40. The Labute approximate surface area is 142 Å². The molecule has 1 aliphatic heterocycles. The Morgan fingerprint density at radius 1 is 0.833 bits per heavy atom. The summed E-state index contributed by atoms with van der Waals surface area (Å²) in [6.07, 6.45) is 2.21. The van der Waals surface area contributed by atoms with Crippen LogP contribution < -0.4 is 4.74 Å². The van der Waals surface area contributed by atoms with Crippen LogP contribution in [0.25, 0.3) is 11.1 Å². The van der Waals surface area contributed by atoms with E-state index in [9.17, 15) is 0 Å². The molecule has 1 heterocycles. The quantitative estimate of drug-likeness (QED) is 0.613. The maximum atomic E-state index is 5.82. The van der Waals surface area contributed by atoms with E-state index in [1.807, 2.05) is 18.2 Å². The van der Waals surface area contributed by atoms with Crippen molar-refractivity contribution in [2.75, 3.05) is 6.61 Å². The molecule has 1 unspecified atom stereocenters. The summed E-state index contributed by atoms with van der Waals surface area (Å²) in [6, 6.07) is 27.7. The third-order valence-electron chi connectivity index (χ3n) is 4.40. The van der Waals surface area contributed by atoms with E-state index in [-0.39, 0.29) is 0 Å². The summed E-state index contributed by atoms with van der Waals surface area (Å²) in [5, 5.41) is 0. The van der Waals surface area contributed by atoms with Crippen molar-refractivity contribution in [3.63, 3.8) is 0 Å². The summed E-state index contributed by atoms with van der Waals surface area (Å²) in [7, 11) is 0. The van der Waals surface area contributed by atoms with Gasteiger partial charge in [0.15, 0.2) is 18.0 Å². The molecular weight excluding hydrogens is 294 g/mol. The van der Waals surface area contributed by atoms with Crippen molar-refractivity contribution < 1.29 is 9.31 Å². The zero-order valence-corrected chi connectivity index (χ0v) is 13.7. The van der Waals surface area contributed by atoms with Crippen LogP contribution in [0.4, 0.5) is 5.69 Å². The Hall–Kier alpha value is -2.87. The number of ether oxygens (including phenoxy) is 1. The number of benzene rings is 3. The lowest BCUT2D eigenvalue weighted by Gasteiger charge is -2.20. The third kappa shape index (κ3) is 2.83. The fourth-order valence-corrected chi connectivity index (χ4v) is 3.07. The number of nitrogens with zero attached hydrogens (tertiary/aromatic N) is 1. The molecule has 0 amide bonds. The highest BCUT2D eigenvalue weighted by atomic mass is 16.5. The van der Waals surface area contributed by atoms with Crippen LogP contribution in [-0.2, 0) is 0 Å². The van der Waals surface area contributed by atoms with Crippen molar-refractivity contribution >= 4 is 11.9 Å². The molecule has 1 atom stereocenters. The van der Waals surface area contributed by atoms with Gasteiger partial charge >= 0.3 is 0 Å². The Morgan fingerprint density at radius 2 is 1.50 bits per heavy atom. The van der Waals surface area contributed by atoms with E-state index >= 15 is 0 Å². The zero-order chi connectivity index (χ0) is 16.4. The first-order valence-corrected chi connectivity index (χ1v) is 8.32. The van der Waals surface area contributed by atoms with Gasteiger partial charge in [-0.3, -0.25) is 0 Å². The molecule has 2 nitrogen and oxygen atoms in total. The second-order valence-electron chi connectivity index (χ2n) is 6.15. The van der Waals surface area contributed by atoms with E-state index in [1.54, 1.807) is 0 Å². The van der Waals surface area contributed by atoms with Crippen molar-refractivity contribution in [3.8, 4) is 16.9 Å². The Bertz CT molecular complexity index is 866. The lowest BCUT2D eigenvalue weighted by atomic mass is 10.0. The second kappa shape index (κ2) is 6.32. The first kappa shape index (κ1) is 14.7. The van der Waals surface area contributed by atoms with Crippen LogP contribution in [0.5, 0.6) is 5.75 Å². The predicted molar refractivity (Wildman–Crippen MR) is 98.4 cm³/mol. The van der Waals surface area contributed by atoms with E-state index in [0.29, 0.717) is 12.6 Å². The normalized spacial score (nSPS) is 18.0. The van der Waals surface area contributed by atoms with Crippen molar-refractivity contribution in [2.24, 2.45) is 0 Å². The van der Waals surface area contributed by atoms with Gasteiger partial charge in [-0.05, 0) is 29.3 Å². The van der Waals surface area contributed by atoms with Crippen molar-refractivity contribution in [1.82, 2.24) is 0 Å². The standard InChI is InChI=1S/C22H20NO/c1-17-16-24-22-10-6-5-9-21(22)23(17)15-18-11-13-20(14-12-18)19-7-3-2-4-8-19/h2-15,17H,16H2,1H3/q+1. The minimum Gasteiger partial charge on any atom is -0.480 e. The Morgan fingerprint density at radius 3 is 2.29 bits per heavy atom. The topological polar surface area (TPSA) is 12.2 Å². The van der Waals surface area contributed by atoms with Crippen molar-refractivity contribution in [2.45, 2.75) is 13.0 Å². The van der Waals surface area contributed by atoms with Crippen LogP contribution in [0.1, 0.15) is 12.5 Å². The van der Waals surface area contributed by atoms with Gasteiger partial charge in [0.2, 0.25) is 5.69 Å². The maximum absolute atomic E-state index is 5.82. The maximum Gasteiger partial charge on any atom is 0.247 e. The molecule has 3 aromatic carbocycles. The highest BCUT2D eigenvalue weighted by molar-refractivity contribution is 5.79. The monoisotopic (exact) mass is 314 g/mol. The SMILES string of the molecule is CC1COc2ccccc2[N+]1=Cc1ccc(-c2ccccc2)cc1. The first-order chi connectivity index (χ1) is 11.8. The van der Waals surface area contributed by atoms with Crippen LogP contribution in [0.3, 0.4) is 0 Å². The highest BCUT2D eigenvalue weighted by Gasteiger charge is 2.28. The molecule has 0 aliphatic carbocycles. The molecule has 0 spiro atoms. The minimum absolute atomic E-state index is 0.314. The second-order valence-corrected chi connectivity index (χ2v) is 6.15. The number of fused-ring (bicyclic) bond motifs is 1. The lowest BCUT2D eigenvalue weighted by Crippen LogP contribution is -2.31. The average molecular weight is 314 g/mol. The summed E-state index contributed by atoms with van der Waals surface area (Å²) in [5.41, 5.74) is 4.80. The fraction of sp³-hybridized carbons (Fsp3) is 0.136. The molecule has 0 bridgehead atoms. The van der Waals surface area contributed by atoms with Gasteiger partial charge in [0, 0.05) is 18.6 Å². The van der Waals surface area contributed by atoms with Gasteiger partial charge in [0.25, 0.3) is 0 Å². The molecule has 0 N–H and O–H groups in total. The molecule has 0 aromatic heterocycles. The summed E-state index contributed by atoms with van der Waals surface area (Å²) in [6.45, 7) is 2.89. The van der Waals surface area contributed by atoms with E-state index in [2.05, 4.69) is 78.4 Å². The van der Waals surface area contributed by atoms with Gasteiger partial charge in [-0.2, -0.15) is 4.58 Å². The number of rotatable bonds is 2. The van der Waals surface area contributed by atoms with Gasteiger partial charge < -0.3 is 4.74 Å². The lowest BCUT2D eigenvalue weighted by molar-refractivity contribution is -0.486. The smallest absolute Gasteiger partial charge is 0.247 e. The molecule has 0 saturated carbocycles. The molecular formula is C22H20NO+. The van der Waals surface area contributed by atoms with Crippen LogP contribution in [0, 0.1) is 0 Å². The first-order valence-electron chi connectivity index (χ1n) is 8.32. The molecule has 2 heteroatoms. The number of hydrogen-bond donors (Lipinski definition) is 0. The molecule has 3 aromatic rings. The summed E-state index contributed by atoms with van der Waals surface area (Å²) in [5.74, 6) is 0.952. The molecule has 118 valence electrons. The molecule has 4 rings (SSSR count). The summed E-state index contributed by atoms with van der Waals surface area (Å²) in [4.78, 5) is 0. The molecule has 0 fully saturated rings. The zero-order valence-electron chi connectivity index (χ0n) is 13.7. The number of hydrogen-bond acceptors (Lipinski definition) is 1. The van der Waals surface area contributed by atoms with E-state index in [0.717, 1.165) is 11.4 Å². The summed E-state index contributed by atoms with van der Waals surface area (Å²) < 4.78 is 8.12. The van der Waals surface area contributed by atoms with Crippen molar-refractivity contribution in [3.05, 3.63) is 84.4 Å². The van der Waals surface area contributed by atoms with Crippen LogP contribution in [0.2, 0.25) is 0 Å². The van der Waals surface area contributed by atoms with Crippen LogP contribution in [0.15, 0.2) is 78.9 Å². The molecule has 1 aliphatic rings. The molecule has 0 radical (unpaired) electrons. The van der Waals surface area contributed by atoms with Crippen LogP contribution >= 0.6 is 0 Å². The minimum atomic E-state index is 0.314. The van der Waals surface area contributed by atoms with E-state index in [4.69, 9.17) is 4.74 Å². The predicted octanol–water partition coefficient (Wildman–Crippen LogP) is 4.90. The van der Waals surface area contributed by atoms with E-state index < -0.39 is 0 Å². The largest absolute Gasteiger partial charge is 0.480 e. The Balaban J connectivity index is 1.69. The fourth-order valence-electron chi connectivity index (χ4n) is 3.07. The van der Waals surface area contributed by atoms with Gasteiger partial charge in [-0.15, -0.1) is 0 Å². The van der Waals surface area contributed by atoms with Gasteiger partial charge in [0.1, 0.15) is 6.61 Å². The molecule has 0 saturated heterocycles.